The van der Waals surface area contributed by atoms with Crippen LogP contribution in [0.4, 0.5) is 5.69 Å². The third-order valence-electron chi connectivity index (χ3n) is 5.15. The molecule has 0 aromatic heterocycles. The lowest BCUT2D eigenvalue weighted by molar-refractivity contribution is -0.120. The van der Waals surface area contributed by atoms with Crippen LogP contribution in [0.1, 0.15) is 38.7 Å². The fraction of sp³-hybridized carbons (Fsp3) is 0.429. The molecule has 0 spiro atoms. The van der Waals surface area contributed by atoms with Crippen molar-refractivity contribution in [2.75, 3.05) is 18.0 Å². The maximum atomic E-state index is 13.3. The first-order chi connectivity index (χ1) is 12.6. The van der Waals surface area contributed by atoms with Crippen molar-refractivity contribution in [2.45, 2.75) is 39.2 Å². The van der Waals surface area contributed by atoms with Gasteiger partial charge in [-0.3, -0.25) is 9.79 Å². The number of benzene rings is 1. The number of allylic oxidation sites excluding steroid dienone is 4. The summed E-state index contributed by atoms with van der Waals surface area (Å²) in [5.41, 5.74) is 9.64. The molecule has 1 aromatic rings. The largest absolute Gasteiger partial charge is 0.329 e. The SMILES string of the molecule is CC[C@H](C)[C@@H]1N=C(C2=CC=CCC2)c2cc(Cl)ccc2N(CCN)C1=O. The van der Waals surface area contributed by atoms with Gasteiger partial charge in [0.05, 0.1) is 11.4 Å². The number of fused-ring (bicyclic) bond motifs is 1. The highest BCUT2D eigenvalue weighted by Crippen LogP contribution is 2.34. The van der Waals surface area contributed by atoms with Crippen molar-refractivity contribution < 1.29 is 4.79 Å². The van der Waals surface area contributed by atoms with E-state index in [4.69, 9.17) is 22.3 Å². The van der Waals surface area contributed by atoms with Crippen molar-refractivity contribution in [1.29, 1.82) is 0 Å². The summed E-state index contributed by atoms with van der Waals surface area (Å²) in [7, 11) is 0. The van der Waals surface area contributed by atoms with Crippen molar-refractivity contribution in [3.05, 3.63) is 52.6 Å². The second-order valence-electron chi connectivity index (χ2n) is 6.91. The number of hydrogen-bond donors (Lipinski definition) is 1. The fourth-order valence-corrected chi connectivity index (χ4v) is 3.66. The van der Waals surface area contributed by atoms with Crippen molar-refractivity contribution in [2.24, 2.45) is 16.6 Å². The van der Waals surface area contributed by atoms with Gasteiger partial charge in [0.25, 0.3) is 5.91 Å². The van der Waals surface area contributed by atoms with Gasteiger partial charge in [0.2, 0.25) is 0 Å². The lowest BCUT2D eigenvalue weighted by Gasteiger charge is -2.26. The zero-order valence-corrected chi connectivity index (χ0v) is 16.2. The Morgan fingerprint density at radius 3 is 2.88 bits per heavy atom. The third kappa shape index (κ3) is 3.62. The maximum absolute atomic E-state index is 13.3. The second kappa shape index (κ2) is 8.19. The van der Waals surface area contributed by atoms with Gasteiger partial charge in [0.15, 0.2) is 0 Å². The summed E-state index contributed by atoms with van der Waals surface area (Å²) in [6, 6.07) is 5.26. The molecule has 1 aliphatic heterocycles. The van der Waals surface area contributed by atoms with Gasteiger partial charge in [-0.05, 0) is 42.5 Å². The van der Waals surface area contributed by atoms with Crippen LogP contribution in [0.5, 0.6) is 0 Å². The molecule has 5 heteroatoms. The number of aliphatic imine (C=N–C) groups is 1. The number of nitrogens with zero attached hydrogens (tertiary/aromatic N) is 2. The number of benzodiazepines with no additional fused rings is 1. The monoisotopic (exact) mass is 371 g/mol. The average Bonchev–Trinajstić information content (AvgIpc) is 2.77. The van der Waals surface area contributed by atoms with Crippen LogP contribution in [0.2, 0.25) is 5.02 Å². The Hall–Kier alpha value is -1.91. The fourth-order valence-electron chi connectivity index (χ4n) is 3.48. The minimum Gasteiger partial charge on any atom is -0.329 e. The van der Waals surface area contributed by atoms with E-state index in [0.29, 0.717) is 18.1 Å². The highest BCUT2D eigenvalue weighted by atomic mass is 35.5. The molecule has 2 atom stereocenters. The van der Waals surface area contributed by atoms with E-state index in [1.807, 2.05) is 18.2 Å². The highest BCUT2D eigenvalue weighted by molar-refractivity contribution is 6.32. The Kier molecular flexibility index (Phi) is 5.94. The number of anilines is 1. The molecule has 0 bridgehead atoms. The van der Waals surface area contributed by atoms with E-state index in [1.54, 1.807) is 4.90 Å². The van der Waals surface area contributed by atoms with Gasteiger partial charge in [0.1, 0.15) is 6.04 Å². The normalized spacial score (nSPS) is 21.0. The Balaban J connectivity index is 2.22. The molecule has 4 nitrogen and oxygen atoms in total. The first-order valence-electron chi connectivity index (χ1n) is 9.32. The Morgan fingerprint density at radius 2 is 2.23 bits per heavy atom. The number of carbonyl (C=O) groups excluding carboxylic acids is 1. The zero-order valence-electron chi connectivity index (χ0n) is 15.4. The van der Waals surface area contributed by atoms with Crippen LogP contribution in [0, 0.1) is 5.92 Å². The Morgan fingerprint density at radius 1 is 1.42 bits per heavy atom. The summed E-state index contributed by atoms with van der Waals surface area (Å²) in [6.07, 6.45) is 9.10. The van der Waals surface area contributed by atoms with E-state index < -0.39 is 6.04 Å². The molecule has 0 saturated carbocycles. The summed E-state index contributed by atoms with van der Waals surface area (Å²) in [5, 5.41) is 0.644. The summed E-state index contributed by atoms with van der Waals surface area (Å²) in [6.45, 7) is 5.06. The number of halogens is 1. The van der Waals surface area contributed by atoms with E-state index in [1.165, 1.54) is 0 Å². The zero-order chi connectivity index (χ0) is 18.7. The van der Waals surface area contributed by atoms with Gasteiger partial charge < -0.3 is 10.6 Å². The van der Waals surface area contributed by atoms with Crippen LogP contribution >= 0.6 is 11.6 Å². The van der Waals surface area contributed by atoms with Crippen LogP contribution in [0.3, 0.4) is 0 Å². The van der Waals surface area contributed by atoms with Crippen LogP contribution in [-0.2, 0) is 4.79 Å². The van der Waals surface area contributed by atoms with Crippen molar-refractivity contribution in [1.82, 2.24) is 0 Å². The van der Waals surface area contributed by atoms with Gasteiger partial charge in [-0.2, -0.15) is 0 Å². The molecule has 0 radical (unpaired) electrons. The topological polar surface area (TPSA) is 58.7 Å². The minimum absolute atomic E-state index is 0.0234. The molecule has 0 unspecified atom stereocenters. The molecular formula is C21H26ClN3O. The number of rotatable bonds is 5. The van der Waals surface area contributed by atoms with E-state index in [-0.39, 0.29) is 11.8 Å². The molecule has 2 aliphatic rings. The molecule has 138 valence electrons. The third-order valence-corrected chi connectivity index (χ3v) is 5.38. The standard InChI is InChI=1S/C21H26ClN3O/c1-3-14(2)19-21(26)25(12-11-23)18-10-9-16(22)13-17(18)20(24-19)15-7-5-4-6-8-15/h4-5,7,9-10,13-14,19H,3,6,8,11-12,23H2,1-2H3/t14-,19-/m0/s1. The minimum atomic E-state index is -0.403. The van der Waals surface area contributed by atoms with Crippen LogP contribution in [-0.4, -0.2) is 30.8 Å². The number of amides is 1. The van der Waals surface area contributed by atoms with Crippen molar-refractivity contribution >= 4 is 28.9 Å². The molecule has 1 aromatic carbocycles. The molecule has 1 heterocycles. The molecule has 3 rings (SSSR count). The van der Waals surface area contributed by atoms with Gasteiger partial charge in [0, 0.05) is 23.7 Å². The molecule has 1 aliphatic carbocycles. The molecular weight excluding hydrogens is 346 g/mol. The number of hydrogen-bond acceptors (Lipinski definition) is 3. The van der Waals surface area contributed by atoms with E-state index in [9.17, 15) is 4.79 Å². The maximum Gasteiger partial charge on any atom is 0.252 e. The molecule has 0 fully saturated rings. The first kappa shape index (κ1) is 18.9. The summed E-state index contributed by atoms with van der Waals surface area (Å²) in [4.78, 5) is 20.1. The molecule has 0 saturated heterocycles. The predicted octanol–water partition coefficient (Wildman–Crippen LogP) is 4.13. The van der Waals surface area contributed by atoms with Gasteiger partial charge >= 0.3 is 0 Å². The molecule has 1 amide bonds. The van der Waals surface area contributed by atoms with E-state index >= 15 is 0 Å². The Labute approximate surface area is 160 Å². The summed E-state index contributed by atoms with van der Waals surface area (Å²) in [5.74, 6) is 0.178. The first-order valence-corrected chi connectivity index (χ1v) is 9.69. The Bertz CT molecular complexity index is 781. The van der Waals surface area contributed by atoms with Crippen LogP contribution < -0.4 is 10.6 Å². The summed E-state index contributed by atoms with van der Waals surface area (Å²) < 4.78 is 0. The second-order valence-corrected chi connectivity index (χ2v) is 7.34. The van der Waals surface area contributed by atoms with Crippen molar-refractivity contribution in [3.63, 3.8) is 0 Å². The van der Waals surface area contributed by atoms with Crippen molar-refractivity contribution in [3.8, 4) is 0 Å². The number of nitrogens with two attached hydrogens (primary N) is 1. The van der Waals surface area contributed by atoms with E-state index in [0.717, 1.165) is 41.8 Å². The van der Waals surface area contributed by atoms with Crippen LogP contribution in [0.15, 0.2) is 47.0 Å². The molecule has 26 heavy (non-hydrogen) atoms. The van der Waals surface area contributed by atoms with Crippen LogP contribution in [0.25, 0.3) is 0 Å². The molecule has 2 N–H and O–H groups in total. The van der Waals surface area contributed by atoms with Gasteiger partial charge in [-0.15, -0.1) is 0 Å². The quantitative estimate of drug-likeness (QED) is 0.846. The van der Waals surface area contributed by atoms with Gasteiger partial charge in [-0.25, -0.2) is 0 Å². The predicted molar refractivity (Wildman–Crippen MR) is 109 cm³/mol. The average molecular weight is 372 g/mol. The summed E-state index contributed by atoms with van der Waals surface area (Å²) >= 11 is 6.30. The smallest absolute Gasteiger partial charge is 0.252 e. The number of carbonyl (C=O) groups is 1. The lowest BCUT2D eigenvalue weighted by atomic mass is 9.93. The highest BCUT2D eigenvalue weighted by Gasteiger charge is 2.34. The lowest BCUT2D eigenvalue weighted by Crippen LogP contribution is -2.43. The van der Waals surface area contributed by atoms with Gasteiger partial charge in [-0.1, -0.05) is 50.1 Å². The van der Waals surface area contributed by atoms with E-state index in [2.05, 4.69) is 32.1 Å².